The number of allylic oxidation sites excluding steroid dienone is 2. The van der Waals surface area contributed by atoms with Crippen LogP contribution in [-0.4, -0.2) is 54.8 Å². The van der Waals surface area contributed by atoms with Crippen molar-refractivity contribution in [2.24, 2.45) is 11.8 Å². The Kier molecular flexibility index (Phi) is 6.24. The second kappa shape index (κ2) is 8.69. The summed E-state index contributed by atoms with van der Waals surface area (Å²) in [5.41, 5.74) is 1.56. The van der Waals surface area contributed by atoms with Gasteiger partial charge in [-0.05, 0) is 51.0 Å². The molecule has 1 saturated heterocycles. The third kappa shape index (κ3) is 4.22. The summed E-state index contributed by atoms with van der Waals surface area (Å²) in [6.07, 6.45) is 3.69. The van der Waals surface area contributed by atoms with Crippen molar-refractivity contribution in [1.82, 2.24) is 4.90 Å². The molecule has 0 bridgehead atoms. The number of imide groups is 1. The number of benzene rings is 1. The number of hydrogen-bond acceptors (Lipinski definition) is 6. The van der Waals surface area contributed by atoms with Crippen molar-refractivity contribution in [2.45, 2.75) is 38.8 Å². The molecular formula is C22H27N3O5. The van der Waals surface area contributed by atoms with Gasteiger partial charge in [0.05, 0.1) is 11.8 Å². The van der Waals surface area contributed by atoms with Crippen molar-refractivity contribution in [3.05, 3.63) is 36.4 Å². The number of carbonyl (C=O) groups excluding carboxylic acids is 4. The molecule has 8 nitrogen and oxygen atoms in total. The third-order valence-corrected chi connectivity index (χ3v) is 5.58. The molecule has 8 heteroatoms. The molecular weight excluding hydrogens is 386 g/mol. The molecule has 0 spiro atoms. The van der Waals surface area contributed by atoms with Gasteiger partial charge in [0.15, 0.2) is 6.10 Å². The zero-order valence-corrected chi connectivity index (χ0v) is 17.6. The van der Waals surface area contributed by atoms with Crippen LogP contribution in [0.5, 0.6) is 0 Å². The van der Waals surface area contributed by atoms with Crippen LogP contribution in [0.25, 0.3) is 0 Å². The fourth-order valence-corrected chi connectivity index (χ4v) is 3.73. The lowest BCUT2D eigenvalue weighted by Crippen LogP contribution is -2.46. The molecule has 1 heterocycles. The minimum atomic E-state index is -1.08. The Bertz CT molecular complexity index is 851. The SMILES string of the molecule is CC(OC(=O)C(C)N1C(=O)C2CC=CCC2C1=O)C(=O)Nc1ccc(N(C)C)cc1. The standard InChI is InChI=1S/C22H27N3O5/c1-13(25-20(27)17-7-5-6-8-18(17)21(25)28)22(29)30-14(2)19(26)23-15-9-11-16(12-10-15)24(3)4/h5-6,9-14,17-18H,7-8H2,1-4H3,(H,23,26). The van der Waals surface area contributed by atoms with E-state index in [1.54, 1.807) is 12.1 Å². The maximum Gasteiger partial charge on any atom is 0.329 e. The highest BCUT2D eigenvalue weighted by Crippen LogP contribution is 2.36. The van der Waals surface area contributed by atoms with E-state index in [-0.39, 0.29) is 11.8 Å². The van der Waals surface area contributed by atoms with Gasteiger partial charge in [0.2, 0.25) is 11.8 Å². The summed E-state index contributed by atoms with van der Waals surface area (Å²) in [5, 5.41) is 2.69. The predicted octanol–water partition coefficient (Wildman–Crippen LogP) is 1.96. The van der Waals surface area contributed by atoms with Crippen molar-refractivity contribution in [3.63, 3.8) is 0 Å². The molecule has 4 atom stereocenters. The summed E-state index contributed by atoms with van der Waals surface area (Å²) in [7, 11) is 3.83. The van der Waals surface area contributed by atoms with Gasteiger partial charge in [-0.2, -0.15) is 0 Å². The second-order valence-corrected chi connectivity index (χ2v) is 7.89. The number of nitrogens with one attached hydrogen (secondary N) is 1. The zero-order valence-electron chi connectivity index (χ0n) is 17.6. The lowest BCUT2D eigenvalue weighted by atomic mass is 9.85. The molecule has 1 fully saturated rings. The Balaban J connectivity index is 1.58. The van der Waals surface area contributed by atoms with E-state index >= 15 is 0 Å². The summed E-state index contributed by atoms with van der Waals surface area (Å²) >= 11 is 0. The molecule has 0 aromatic heterocycles. The number of fused-ring (bicyclic) bond motifs is 1. The molecule has 3 amide bonds. The molecule has 4 unspecified atom stereocenters. The van der Waals surface area contributed by atoms with Crippen LogP contribution in [0.2, 0.25) is 0 Å². The quantitative estimate of drug-likeness (QED) is 0.435. The van der Waals surface area contributed by atoms with Gasteiger partial charge in [0.1, 0.15) is 6.04 Å². The van der Waals surface area contributed by atoms with Crippen LogP contribution in [0.3, 0.4) is 0 Å². The second-order valence-electron chi connectivity index (χ2n) is 7.89. The Morgan fingerprint density at radius 2 is 1.57 bits per heavy atom. The van der Waals surface area contributed by atoms with Gasteiger partial charge >= 0.3 is 5.97 Å². The van der Waals surface area contributed by atoms with E-state index in [9.17, 15) is 19.2 Å². The van der Waals surface area contributed by atoms with Crippen LogP contribution in [0.4, 0.5) is 11.4 Å². The third-order valence-electron chi connectivity index (χ3n) is 5.58. The number of esters is 1. The number of carbonyl (C=O) groups is 4. The van der Waals surface area contributed by atoms with E-state index in [2.05, 4.69) is 5.32 Å². The van der Waals surface area contributed by atoms with Crippen LogP contribution in [0.1, 0.15) is 26.7 Å². The normalized spacial score (nSPS) is 22.3. The molecule has 0 saturated carbocycles. The molecule has 30 heavy (non-hydrogen) atoms. The molecule has 3 rings (SSSR count). The minimum absolute atomic E-state index is 0.350. The van der Waals surface area contributed by atoms with Gasteiger partial charge in [-0.15, -0.1) is 0 Å². The zero-order chi connectivity index (χ0) is 22.0. The summed E-state index contributed by atoms with van der Waals surface area (Å²) in [6.45, 7) is 2.90. The molecule has 160 valence electrons. The lowest BCUT2D eigenvalue weighted by molar-refractivity contribution is -0.163. The molecule has 2 aliphatic rings. The van der Waals surface area contributed by atoms with Crippen molar-refractivity contribution >= 4 is 35.1 Å². The number of amides is 3. The van der Waals surface area contributed by atoms with E-state index < -0.39 is 35.9 Å². The largest absolute Gasteiger partial charge is 0.451 e. The summed E-state index contributed by atoms with van der Waals surface area (Å²) in [5.74, 6) is -2.81. The summed E-state index contributed by atoms with van der Waals surface area (Å²) in [4.78, 5) is 53.1. The van der Waals surface area contributed by atoms with Crippen molar-refractivity contribution < 1.29 is 23.9 Å². The first-order valence-electron chi connectivity index (χ1n) is 10.0. The van der Waals surface area contributed by atoms with E-state index in [1.165, 1.54) is 13.8 Å². The highest BCUT2D eigenvalue weighted by Gasteiger charge is 2.50. The average Bonchev–Trinajstić information content (AvgIpc) is 2.98. The molecule has 1 aliphatic carbocycles. The van der Waals surface area contributed by atoms with Crippen LogP contribution in [-0.2, 0) is 23.9 Å². The highest BCUT2D eigenvalue weighted by molar-refractivity contribution is 6.08. The van der Waals surface area contributed by atoms with Crippen molar-refractivity contribution in [2.75, 3.05) is 24.3 Å². The van der Waals surface area contributed by atoms with E-state index in [0.29, 0.717) is 18.5 Å². The van der Waals surface area contributed by atoms with Crippen LogP contribution >= 0.6 is 0 Å². The van der Waals surface area contributed by atoms with Crippen molar-refractivity contribution in [1.29, 1.82) is 0 Å². The molecule has 1 aromatic carbocycles. The number of likely N-dealkylation sites (tertiary alicyclic amines) is 1. The van der Waals surface area contributed by atoms with Gasteiger partial charge in [-0.1, -0.05) is 12.2 Å². The Labute approximate surface area is 175 Å². The maximum atomic E-state index is 12.6. The van der Waals surface area contributed by atoms with Gasteiger partial charge < -0.3 is 15.0 Å². The number of anilines is 2. The Morgan fingerprint density at radius 1 is 1.03 bits per heavy atom. The van der Waals surface area contributed by atoms with Gasteiger partial charge in [0.25, 0.3) is 5.91 Å². The maximum absolute atomic E-state index is 12.6. The first-order chi connectivity index (χ1) is 14.2. The lowest BCUT2D eigenvalue weighted by Gasteiger charge is -2.23. The van der Waals surface area contributed by atoms with Crippen LogP contribution in [0.15, 0.2) is 36.4 Å². The number of hydrogen-bond donors (Lipinski definition) is 1. The molecule has 0 radical (unpaired) electrons. The summed E-state index contributed by atoms with van der Waals surface area (Å²) in [6, 6.07) is 6.13. The average molecular weight is 413 g/mol. The van der Waals surface area contributed by atoms with Gasteiger partial charge in [-0.3, -0.25) is 19.3 Å². The van der Waals surface area contributed by atoms with Gasteiger partial charge in [-0.25, -0.2) is 4.79 Å². The molecule has 1 aliphatic heterocycles. The van der Waals surface area contributed by atoms with E-state index in [1.807, 2.05) is 43.3 Å². The number of rotatable bonds is 6. The van der Waals surface area contributed by atoms with Crippen molar-refractivity contribution in [3.8, 4) is 0 Å². The fraction of sp³-hybridized carbons (Fsp3) is 0.455. The first kappa shape index (κ1) is 21.5. The minimum Gasteiger partial charge on any atom is -0.451 e. The van der Waals surface area contributed by atoms with Crippen LogP contribution < -0.4 is 10.2 Å². The topological polar surface area (TPSA) is 96.0 Å². The smallest absolute Gasteiger partial charge is 0.329 e. The number of ether oxygens (including phenoxy) is 1. The highest BCUT2D eigenvalue weighted by atomic mass is 16.5. The Hall–Kier alpha value is -3.16. The van der Waals surface area contributed by atoms with Gasteiger partial charge in [0, 0.05) is 25.5 Å². The van der Waals surface area contributed by atoms with Crippen LogP contribution in [0, 0.1) is 11.8 Å². The monoisotopic (exact) mass is 413 g/mol. The fourth-order valence-electron chi connectivity index (χ4n) is 3.73. The first-order valence-corrected chi connectivity index (χ1v) is 10.0. The van der Waals surface area contributed by atoms with E-state index in [4.69, 9.17) is 4.74 Å². The van der Waals surface area contributed by atoms with E-state index in [0.717, 1.165) is 10.6 Å². The Morgan fingerprint density at radius 3 is 2.07 bits per heavy atom. The molecule has 1 N–H and O–H groups in total. The summed E-state index contributed by atoms with van der Waals surface area (Å²) < 4.78 is 5.25. The molecule has 1 aromatic rings. The predicted molar refractivity (Wildman–Crippen MR) is 112 cm³/mol. The number of nitrogens with zero attached hydrogens (tertiary/aromatic N) is 2.